The Hall–Kier alpha value is -3.65. The van der Waals surface area contributed by atoms with Crippen LogP contribution in [0, 0.1) is 0 Å². The van der Waals surface area contributed by atoms with Gasteiger partial charge in [0.1, 0.15) is 5.75 Å². The van der Waals surface area contributed by atoms with Gasteiger partial charge in [-0.05, 0) is 66.9 Å². The van der Waals surface area contributed by atoms with Crippen molar-refractivity contribution in [3.63, 3.8) is 0 Å². The summed E-state index contributed by atoms with van der Waals surface area (Å²) in [4.78, 5) is 16.9. The number of amides is 1. The van der Waals surface area contributed by atoms with Gasteiger partial charge >= 0.3 is 0 Å². The van der Waals surface area contributed by atoms with Crippen molar-refractivity contribution < 1.29 is 9.53 Å². The number of pyridine rings is 1. The van der Waals surface area contributed by atoms with Crippen LogP contribution in [0.5, 0.6) is 5.75 Å². The zero-order chi connectivity index (χ0) is 23.9. The molecule has 4 aromatic rings. The fraction of sp³-hybridized carbons (Fsp3) is 0.231. The first-order chi connectivity index (χ1) is 16.5. The molecule has 0 fully saturated rings. The van der Waals surface area contributed by atoms with Gasteiger partial charge in [-0.1, -0.05) is 37.7 Å². The van der Waals surface area contributed by atoms with Crippen molar-refractivity contribution in [1.82, 2.24) is 19.7 Å². The summed E-state index contributed by atoms with van der Waals surface area (Å²) in [5.41, 5.74) is 3.69. The Morgan fingerprint density at radius 2 is 1.91 bits per heavy atom. The van der Waals surface area contributed by atoms with E-state index in [2.05, 4.69) is 40.4 Å². The highest BCUT2D eigenvalue weighted by Gasteiger charge is 2.18. The van der Waals surface area contributed by atoms with Gasteiger partial charge in [-0.3, -0.25) is 14.3 Å². The Morgan fingerprint density at radius 3 is 2.62 bits per heavy atom. The van der Waals surface area contributed by atoms with Crippen molar-refractivity contribution in [3.05, 3.63) is 78.6 Å². The van der Waals surface area contributed by atoms with Gasteiger partial charge in [-0.2, -0.15) is 0 Å². The Morgan fingerprint density at radius 1 is 1.09 bits per heavy atom. The second-order valence-corrected chi connectivity index (χ2v) is 8.87. The smallest absolute Gasteiger partial charge is 0.234 e. The molecule has 0 unspecified atom stereocenters. The van der Waals surface area contributed by atoms with Crippen molar-refractivity contribution >= 4 is 23.4 Å². The topological polar surface area (TPSA) is 81.9 Å². The monoisotopic (exact) mass is 473 g/mol. The van der Waals surface area contributed by atoms with Crippen molar-refractivity contribution in [3.8, 4) is 22.8 Å². The molecule has 8 heteroatoms. The minimum Gasteiger partial charge on any atom is -0.494 e. The van der Waals surface area contributed by atoms with Gasteiger partial charge in [0, 0.05) is 29.3 Å². The Bertz CT molecular complexity index is 1240. The van der Waals surface area contributed by atoms with E-state index in [1.807, 2.05) is 66.1 Å². The highest BCUT2D eigenvalue weighted by atomic mass is 32.2. The molecule has 2 aromatic heterocycles. The lowest BCUT2D eigenvalue weighted by Gasteiger charge is -2.12. The lowest BCUT2D eigenvalue weighted by atomic mass is 10.0. The van der Waals surface area contributed by atoms with Gasteiger partial charge < -0.3 is 10.1 Å². The summed E-state index contributed by atoms with van der Waals surface area (Å²) < 4.78 is 7.51. The van der Waals surface area contributed by atoms with Crippen LogP contribution in [0.3, 0.4) is 0 Å². The third kappa shape index (κ3) is 5.63. The first-order valence-corrected chi connectivity index (χ1v) is 12.2. The molecule has 2 heterocycles. The maximum atomic E-state index is 12.7. The van der Waals surface area contributed by atoms with E-state index in [1.54, 1.807) is 12.4 Å². The highest BCUT2D eigenvalue weighted by molar-refractivity contribution is 7.99. The molecule has 2 aromatic carbocycles. The molecule has 0 atom stereocenters. The van der Waals surface area contributed by atoms with Crippen molar-refractivity contribution in [2.45, 2.75) is 31.8 Å². The third-order valence-electron chi connectivity index (χ3n) is 5.13. The minimum absolute atomic E-state index is 0.102. The van der Waals surface area contributed by atoms with Gasteiger partial charge in [0.25, 0.3) is 0 Å². The lowest BCUT2D eigenvalue weighted by Crippen LogP contribution is -2.14. The third-order valence-corrected chi connectivity index (χ3v) is 6.06. The van der Waals surface area contributed by atoms with E-state index >= 15 is 0 Å². The molecule has 0 aliphatic carbocycles. The molecule has 0 aliphatic heterocycles. The van der Waals surface area contributed by atoms with E-state index in [0.717, 1.165) is 22.7 Å². The van der Waals surface area contributed by atoms with Crippen molar-refractivity contribution in [2.24, 2.45) is 0 Å². The van der Waals surface area contributed by atoms with Crippen LogP contribution in [0.1, 0.15) is 32.3 Å². The van der Waals surface area contributed by atoms with E-state index in [9.17, 15) is 4.79 Å². The number of anilines is 1. The quantitative estimate of drug-likeness (QED) is 0.320. The van der Waals surface area contributed by atoms with E-state index in [1.165, 1.54) is 17.3 Å². The van der Waals surface area contributed by atoms with Crippen LogP contribution < -0.4 is 10.1 Å². The largest absolute Gasteiger partial charge is 0.494 e. The molecule has 1 N–H and O–H groups in total. The number of nitrogens with one attached hydrogen (secondary N) is 1. The zero-order valence-electron chi connectivity index (χ0n) is 19.4. The number of nitrogens with zero attached hydrogens (tertiary/aromatic N) is 4. The lowest BCUT2D eigenvalue weighted by molar-refractivity contribution is -0.113. The molecule has 0 saturated heterocycles. The van der Waals surface area contributed by atoms with Crippen molar-refractivity contribution in [2.75, 3.05) is 17.7 Å². The summed E-state index contributed by atoms with van der Waals surface area (Å²) >= 11 is 1.34. The molecule has 0 radical (unpaired) electrons. The van der Waals surface area contributed by atoms with E-state index < -0.39 is 0 Å². The number of hydrogen-bond acceptors (Lipinski definition) is 6. The first kappa shape index (κ1) is 23.5. The predicted molar refractivity (Wildman–Crippen MR) is 136 cm³/mol. The molecule has 4 rings (SSSR count). The van der Waals surface area contributed by atoms with E-state index in [0.29, 0.717) is 23.5 Å². The number of benzene rings is 2. The number of thioether (sulfide) groups is 1. The molecule has 0 saturated carbocycles. The molecular weight excluding hydrogens is 446 g/mol. The van der Waals surface area contributed by atoms with Gasteiger partial charge in [0.05, 0.1) is 12.4 Å². The highest BCUT2D eigenvalue weighted by Crippen LogP contribution is 2.29. The van der Waals surface area contributed by atoms with Crippen LogP contribution in [0.15, 0.2) is 78.2 Å². The Labute approximate surface area is 203 Å². The fourth-order valence-electron chi connectivity index (χ4n) is 3.44. The summed E-state index contributed by atoms with van der Waals surface area (Å²) in [5, 5.41) is 12.4. The SMILES string of the molecule is CCOc1ccc(-n2c(SCC(=O)Nc3cccc(C(C)C)c3)nnc2-c2cccnc2)cc1. The molecule has 174 valence electrons. The van der Waals surface area contributed by atoms with Gasteiger partial charge in [-0.25, -0.2) is 0 Å². The van der Waals surface area contributed by atoms with Crippen LogP contribution in [0.4, 0.5) is 5.69 Å². The van der Waals surface area contributed by atoms with Crippen LogP contribution in [-0.4, -0.2) is 38.0 Å². The Kier molecular flexibility index (Phi) is 7.59. The summed E-state index contributed by atoms with van der Waals surface area (Å²) in [6.45, 7) is 6.81. The number of hydrogen-bond donors (Lipinski definition) is 1. The molecular formula is C26H27N5O2S. The van der Waals surface area contributed by atoms with E-state index in [4.69, 9.17) is 4.74 Å². The molecule has 1 amide bonds. The van der Waals surface area contributed by atoms with Crippen LogP contribution >= 0.6 is 11.8 Å². The normalized spacial score (nSPS) is 10.9. The summed E-state index contributed by atoms with van der Waals surface area (Å²) in [5.74, 6) is 1.94. The number of carbonyl (C=O) groups is 1. The average molecular weight is 474 g/mol. The van der Waals surface area contributed by atoms with Gasteiger partial charge in [0.15, 0.2) is 11.0 Å². The van der Waals surface area contributed by atoms with Gasteiger partial charge in [-0.15, -0.1) is 10.2 Å². The molecule has 7 nitrogen and oxygen atoms in total. The second-order valence-electron chi connectivity index (χ2n) is 7.93. The summed E-state index contributed by atoms with van der Waals surface area (Å²) in [6.07, 6.45) is 3.47. The number of carbonyl (C=O) groups excluding carboxylic acids is 1. The van der Waals surface area contributed by atoms with Gasteiger partial charge in [0.2, 0.25) is 5.91 Å². The second kappa shape index (κ2) is 11.0. The van der Waals surface area contributed by atoms with Crippen LogP contribution in [0.25, 0.3) is 17.1 Å². The molecule has 34 heavy (non-hydrogen) atoms. The average Bonchev–Trinajstić information content (AvgIpc) is 3.28. The standard InChI is InChI=1S/C26H27N5O2S/c1-4-33-23-12-10-22(11-13-23)31-25(20-8-6-14-27-16-20)29-30-26(31)34-17-24(32)28-21-9-5-7-19(15-21)18(2)3/h5-16,18H,4,17H2,1-3H3,(H,28,32). The number of aromatic nitrogens is 4. The van der Waals surface area contributed by atoms with E-state index in [-0.39, 0.29) is 11.7 Å². The molecule has 0 spiro atoms. The molecule has 0 bridgehead atoms. The van der Waals surface area contributed by atoms with Crippen LogP contribution in [0.2, 0.25) is 0 Å². The summed E-state index contributed by atoms with van der Waals surface area (Å²) in [6, 6.07) is 19.5. The fourth-order valence-corrected chi connectivity index (χ4v) is 4.19. The first-order valence-electron chi connectivity index (χ1n) is 11.2. The predicted octanol–water partition coefficient (Wildman–Crippen LogP) is 5.58. The maximum Gasteiger partial charge on any atom is 0.234 e. The molecule has 0 aliphatic rings. The van der Waals surface area contributed by atoms with Crippen molar-refractivity contribution in [1.29, 1.82) is 0 Å². The number of ether oxygens (including phenoxy) is 1. The number of rotatable bonds is 9. The van der Waals surface area contributed by atoms with Crippen LogP contribution in [-0.2, 0) is 4.79 Å². The minimum atomic E-state index is -0.102. The zero-order valence-corrected chi connectivity index (χ0v) is 20.2. The maximum absolute atomic E-state index is 12.7. The summed E-state index contributed by atoms with van der Waals surface area (Å²) in [7, 11) is 0. The Balaban J connectivity index is 1.56.